The molecule has 1 aromatic carbocycles. The smallest absolute Gasteiger partial charge is 0.295 e. The molecular formula is C22H16ClN3O3. The molecule has 1 atom stereocenters. The van der Waals surface area contributed by atoms with Gasteiger partial charge in [0.2, 0.25) is 0 Å². The Morgan fingerprint density at radius 3 is 2.45 bits per heavy atom. The minimum atomic E-state index is -0.775. The molecule has 3 aromatic rings. The quantitative estimate of drug-likeness (QED) is 0.406. The summed E-state index contributed by atoms with van der Waals surface area (Å²) < 4.78 is 0. The van der Waals surface area contributed by atoms with Crippen molar-refractivity contribution in [3.63, 3.8) is 0 Å². The summed E-state index contributed by atoms with van der Waals surface area (Å²) in [5.41, 5.74) is 1.77. The molecule has 7 heteroatoms. The van der Waals surface area contributed by atoms with E-state index in [4.69, 9.17) is 11.6 Å². The Kier molecular flexibility index (Phi) is 5.10. The number of carbonyl (C=O) groups is 2. The maximum Gasteiger partial charge on any atom is 0.295 e. The van der Waals surface area contributed by atoms with Crippen LogP contribution in [0, 0.1) is 0 Å². The zero-order valence-corrected chi connectivity index (χ0v) is 16.0. The Balaban J connectivity index is 1.86. The van der Waals surface area contributed by atoms with Crippen LogP contribution in [-0.4, -0.2) is 31.7 Å². The first-order valence-electron chi connectivity index (χ1n) is 8.89. The fraction of sp³-hybridized carbons (Fsp3) is 0.0909. The molecule has 4 rings (SSSR count). The standard InChI is InChI=1S/C22H16ClN3O3/c23-17-7-1-5-15(10-17)20(27)18-19(16-6-3-9-25-12-16)26(22(29)21(18)28)13-14-4-2-8-24-11-14/h1-12,19,27H,13H2/b20-18-. The Morgan fingerprint density at radius 1 is 1.03 bits per heavy atom. The van der Waals surface area contributed by atoms with E-state index in [1.165, 1.54) is 4.90 Å². The number of likely N-dealkylation sites (tertiary alicyclic amines) is 1. The second-order valence-corrected chi connectivity index (χ2v) is 7.02. The number of hydrogen-bond donors (Lipinski definition) is 1. The lowest BCUT2D eigenvalue weighted by atomic mass is 9.96. The number of ketones is 1. The van der Waals surface area contributed by atoms with Crippen molar-refractivity contribution in [1.29, 1.82) is 0 Å². The van der Waals surface area contributed by atoms with E-state index in [1.807, 2.05) is 6.07 Å². The predicted octanol–water partition coefficient (Wildman–Crippen LogP) is 3.75. The first-order chi connectivity index (χ1) is 14.1. The highest BCUT2D eigenvalue weighted by atomic mass is 35.5. The molecule has 29 heavy (non-hydrogen) atoms. The van der Waals surface area contributed by atoms with Crippen molar-refractivity contribution < 1.29 is 14.7 Å². The largest absolute Gasteiger partial charge is 0.507 e. The van der Waals surface area contributed by atoms with Gasteiger partial charge >= 0.3 is 0 Å². The van der Waals surface area contributed by atoms with Crippen molar-refractivity contribution >= 4 is 29.1 Å². The second-order valence-electron chi connectivity index (χ2n) is 6.58. The minimum absolute atomic E-state index is 0.00848. The van der Waals surface area contributed by atoms with Crippen LogP contribution in [0.5, 0.6) is 0 Å². The third-order valence-corrected chi connectivity index (χ3v) is 4.95. The summed E-state index contributed by atoms with van der Waals surface area (Å²) in [4.78, 5) is 35.4. The molecule has 0 saturated carbocycles. The van der Waals surface area contributed by atoms with Crippen molar-refractivity contribution in [3.05, 3.63) is 101 Å². The number of nitrogens with zero attached hydrogens (tertiary/aromatic N) is 3. The minimum Gasteiger partial charge on any atom is -0.507 e. The summed E-state index contributed by atoms with van der Waals surface area (Å²) >= 11 is 6.04. The van der Waals surface area contributed by atoms with Crippen molar-refractivity contribution in [2.75, 3.05) is 0 Å². The summed E-state index contributed by atoms with van der Waals surface area (Å²) in [6.07, 6.45) is 6.46. The maximum atomic E-state index is 12.9. The molecule has 3 heterocycles. The molecule has 2 aromatic heterocycles. The van der Waals surface area contributed by atoms with E-state index in [9.17, 15) is 14.7 Å². The van der Waals surface area contributed by atoms with Crippen LogP contribution in [-0.2, 0) is 16.1 Å². The van der Waals surface area contributed by atoms with Gasteiger partial charge in [-0.2, -0.15) is 0 Å². The van der Waals surface area contributed by atoms with Gasteiger partial charge in [0, 0.05) is 41.9 Å². The molecule has 1 aliphatic rings. The zero-order chi connectivity index (χ0) is 20.4. The second kappa shape index (κ2) is 7.85. The van der Waals surface area contributed by atoms with E-state index < -0.39 is 17.7 Å². The zero-order valence-electron chi connectivity index (χ0n) is 15.2. The highest BCUT2D eigenvalue weighted by Gasteiger charge is 2.46. The number of amides is 1. The fourth-order valence-electron chi connectivity index (χ4n) is 3.41. The van der Waals surface area contributed by atoms with Crippen LogP contribution in [0.1, 0.15) is 22.7 Å². The highest BCUT2D eigenvalue weighted by Crippen LogP contribution is 2.40. The Labute approximate surface area is 172 Å². The number of rotatable bonds is 4. The molecule has 0 spiro atoms. The van der Waals surface area contributed by atoms with Gasteiger partial charge < -0.3 is 10.0 Å². The summed E-state index contributed by atoms with van der Waals surface area (Å²) in [5.74, 6) is -1.71. The topological polar surface area (TPSA) is 83.4 Å². The number of aromatic nitrogens is 2. The summed E-state index contributed by atoms with van der Waals surface area (Å²) in [5, 5.41) is 11.4. The molecule has 0 radical (unpaired) electrons. The Hall–Kier alpha value is -3.51. The summed E-state index contributed by atoms with van der Waals surface area (Å²) in [6.45, 7) is 0.171. The van der Waals surface area contributed by atoms with Crippen molar-refractivity contribution in [2.24, 2.45) is 0 Å². The number of pyridine rings is 2. The molecule has 0 bridgehead atoms. The fourth-order valence-corrected chi connectivity index (χ4v) is 3.60. The third-order valence-electron chi connectivity index (χ3n) is 4.71. The molecule has 1 unspecified atom stereocenters. The predicted molar refractivity (Wildman–Crippen MR) is 108 cm³/mol. The Bertz CT molecular complexity index is 1100. The van der Waals surface area contributed by atoms with Gasteiger partial charge in [-0.1, -0.05) is 35.9 Å². The van der Waals surface area contributed by atoms with Gasteiger partial charge in [-0.05, 0) is 35.4 Å². The van der Waals surface area contributed by atoms with Gasteiger partial charge in [0.25, 0.3) is 11.7 Å². The number of aliphatic hydroxyl groups is 1. The molecule has 1 aliphatic heterocycles. The van der Waals surface area contributed by atoms with Crippen LogP contribution >= 0.6 is 11.6 Å². The number of carbonyl (C=O) groups excluding carboxylic acids is 2. The van der Waals surface area contributed by atoms with Crippen LogP contribution in [0.3, 0.4) is 0 Å². The van der Waals surface area contributed by atoms with E-state index >= 15 is 0 Å². The van der Waals surface area contributed by atoms with Gasteiger partial charge in [-0.25, -0.2) is 0 Å². The SMILES string of the molecule is O=C1C(=O)N(Cc2cccnc2)C(c2cccnc2)/C1=C(/O)c1cccc(Cl)c1. The molecule has 144 valence electrons. The average molecular weight is 406 g/mol. The first-order valence-corrected chi connectivity index (χ1v) is 9.27. The first kappa shape index (κ1) is 18.8. The lowest BCUT2D eigenvalue weighted by Crippen LogP contribution is -2.29. The third kappa shape index (κ3) is 3.62. The van der Waals surface area contributed by atoms with Gasteiger partial charge in [0.05, 0.1) is 11.6 Å². The van der Waals surface area contributed by atoms with Crippen molar-refractivity contribution in [3.8, 4) is 0 Å². The van der Waals surface area contributed by atoms with E-state index in [1.54, 1.807) is 67.3 Å². The number of halogens is 1. The van der Waals surface area contributed by atoms with Crippen molar-refractivity contribution in [1.82, 2.24) is 14.9 Å². The van der Waals surface area contributed by atoms with Crippen molar-refractivity contribution in [2.45, 2.75) is 12.6 Å². The number of benzene rings is 1. The molecular weight excluding hydrogens is 390 g/mol. The molecule has 6 nitrogen and oxygen atoms in total. The van der Waals surface area contributed by atoms with E-state index in [2.05, 4.69) is 9.97 Å². The van der Waals surface area contributed by atoms with Gasteiger partial charge in [0.1, 0.15) is 5.76 Å². The van der Waals surface area contributed by atoms with E-state index in [-0.39, 0.29) is 17.9 Å². The molecule has 1 saturated heterocycles. The summed E-state index contributed by atoms with van der Waals surface area (Å²) in [6, 6.07) is 12.8. The van der Waals surface area contributed by atoms with Crippen LogP contribution in [0.15, 0.2) is 78.9 Å². The number of hydrogen-bond acceptors (Lipinski definition) is 5. The van der Waals surface area contributed by atoms with Crippen LogP contribution in [0.2, 0.25) is 5.02 Å². The number of aliphatic hydroxyl groups excluding tert-OH is 1. The normalized spacial score (nSPS) is 18.2. The van der Waals surface area contributed by atoms with Gasteiger partial charge in [-0.3, -0.25) is 19.6 Å². The lowest BCUT2D eigenvalue weighted by molar-refractivity contribution is -0.140. The average Bonchev–Trinajstić information content (AvgIpc) is 2.99. The molecule has 1 amide bonds. The monoisotopic (exact) mass is 405 g/mol. The Morgan fingerprint density at radius 2 is 1.79 bits per heavy atom. The van der Waals surface area contributed by atoms with E-state index in [0.717, 1.165) is 5.56 Å². The van der Waals surface area contributed by atoms with Gasteiger partial charge in [0.15, 0.2) is 0 Å². The van der Waals surface area contributed by atoms with Crippen LogP contribution in [0.25, 0.3) is 5.76 Å². The molecule has 1 N–H and O–H groups in total. The van der Waals surface area contributed by atoms with Gasteiger partial charge in [-0.15, -0.1) is 0 Å². The molecule has 0 aliphatic carbocycles. The van der Waals surface area contributed by atoms with Crippen LogP contribution < -0.4 is 0 Å². The number of Topliss-reactive ketones (excluding diaryl/α,β-unsaturated/α-hetero) is 1. The maximum absolute atomic E-state index is 12.9. The van der Waals surface area contributed by atoms with E-state index in [0.29, 0.717) is 16.1 Å². The van der Waals surface area contributed by atoms with Crippen LogP contribution in [0.4, 0.5) is 0 Å². The molecule has 1 fully saturated rings. The highest BCUT2D eigenvalue weighted by molar-refractivity contribution is 6.46. The summed E-state index contributed by atoms with van der Waals surface area (Å²) in [7, 11) is 0. The lowest BCUT2D eigenvalue weighted by Gasteiger charge is -2.25.